The van der Waals surface area contributed by atoms with Crippen molar-refractivity contribution < 1.29 is 13.2 Å². The molecule has 0 aliphatic carbocycles. The van der Waals surface area contributed by atoms with Crippen molar-refractivity contribution in [3.63, 3.8) is 0 Å². The van der Waals surface area contributed by atoms with Crippen molar-refractivity contribution >= 4 is 10.0 Å². The average Bonchev–Trinajstić information content (AvgIpc) is 2.38. The fourth-order valence-electron chi connectivity index (χ4n) is 2.30. The predicted molar refractivity (Wildman–Crippen MR) is 80.0 cm³/mol. The zero-order valence-electron chi connectivity index (χ0n) is 12.6. The zero-order valence-corrected chi connectivity index (χ0v) is 13.4. The van der Waals surface area contributed by atoms with Crippen LogP contribution >= 0.6 is 0 Å². The number of ether oxygens (including phenoxy) is 1. The molecular formula is C14H24N2O3S. The van der Waals surface area contributed by atoms with E-state index in [0.717, 1.165) is 11.1 Å². The first-order valence-corrected chi connectivity index (χ1v) is 8.12. The Morgan fingerprint density at radius 1 is 1.40 bits per heavy atom. The lowest BCUT2D eigenvalue weighted by Crippen LogP contribution is -2.41. The summed E-state index contributed by atoms with van der Waals surface area (Å²) in [5.41, 5.74) is 7.22. The van der Waals surface area contributed by atoms with Crippen molar-refractivity contribution in [2.45, 2.75) is 38.3 Å². The minimum absolute atomic E-state index is 0.205. The predicted octanol–water partition coefficient (Wildman–Crippen LogP) is 1.50. The molecule has 2 N–H and O–H groups in total. The van der Waals surface area contributed by atoms with Crippen LogP contribution in [0.25, 0.3) is 0 Å². The summed E-state index contributed by atoms with van der Waals surface area (Å²) in [7, 11) is -1.95. The Kier molecular flexibility index (Phi) is 6.13. The molecule has 0 fully saturated rings. The molecule has 1 aromatic rings. The fourth-order valence-corrected chi connectivity index (χ4v) is 4.13. The van der Waals surface area contributed by atoms with Gasteiger partial charge in [-0.15, -0.1) is 0 Å². The average molecular weight is 300 g/mol. The Morgan fingerprint density at radius 3 is 2.50 bits per heavy atom. The van der Waals surface area contributed by atoms with Gasteiger partial charge in [0, 0.05) is 26.2 Å². The SMILES string of the molecule is CCN(C(C)COC)S(=O)(=O)c1ccc(CN)cc1C. The van der Waals surface area contributed by atoms with Crippen LogP contribution in [0, 0.1) is 6.92 Å². The van der Waals surface area contributed by atoms with Crippen LogP contribution in [0.3, 0.4) is 0 Å². The molecule has 20 heavy (non-hydrogen) atoms. The third kappa shape index (κ3) is 3.58. The van der Waals surface area contributed by atoms with Crippen molar-refractivity contribution in [3.05, 3.63) is 29.3 Å². The van der Waals surface area contributed by atoms with Gasteiger partial charge in [-0.3, -0.25) is 0 Å². The van der Waals surface area contributed by atoms with E-state index >= 15 is 0 Å². The van der Waals surface area contributed by atoms with Crippen LogP contribution in [0.5, 0.6) is 0 Å². The summed E-state index contributed by atoms with van der Waals surface area (Å²) >= 11 is 0. The number of rotatable bonds is 7. The van der Waals surface area contributed by atoms with Crippen LogP contribution in [-0.4, -0.2) is 39.0 Å². The number of aryl methyl sites for hydroxylation is 1. The Labute approximate surface area is 121 Å². The molecule has 1 atom stereocenters. The molecule has 0 heterocycles. The lowest BCUT2D eigenvalue weighted by Gasteiger charge is -2.27. The van der Waals surface area contributed by atoms with E-state index in [9.17, 15) is 8.42 Å². The molecule has 0 bridgehead atoms. The number of nitrogens with zero attached hydrogens (tertiary/aromatic N) is 1. The van der Waals surface area contributed by atoms with Crippen molar-refractivity contribution in [1.82, 2.24) is 4.31 Å². The molecule has 0 aliphatic heterocycles. The van der Waals surface area contributed by atoms with Crippen LogP contribution in [0.4, 0.5) is 0 Å². The standard InChI is InChI=1S/C14H24N2O3S/c1-5-16(12(3)10-19-4)20(17,18)14-7-6-13(9-15)8-11(14)2/h6-8,12H,5,9-10,15H2,1-4H3. The van der Waals surface area contributed by atoms with Crippen molar-refractivity contribution in [2.75, 3.05) is 20.3 Å². The van der Waals surface area contributed by atoms with Crippen LogP contribution in [0.1, 0.15) is 25.0 Å². The number of hydrogen-bond donors (Lipinski definition) is 1. The van der Waals surface area contributed by atoms with Gasteiger partial charge in [-0.25, -0.2) is 8.42 Å². The maximum absolute atomic E-state index is 12.7. The Hall–Kier alpha value is -0.950. The van der Waals surface area contributed by atoms with Crippen molar-refractivity contribution in [3.8, 4) is 0 Å². The molecule has 0 saturated carbocycles. The van der Waals surface area contributed by atoms with E-state index in [-0.39, 0.29) is 6.04 Å². The summed E-state index contributed by atoms with van der Waals surface area (Å²) in [4.78, 5) is 0.333. The first kappa shape index (κ1) is 17.1. The van der Waals surface area contributed by atoms with E-state index in [2.05, 4.69) is 0 Å². The van der Waals surface area contributed by atoms with Crippen molar-refractivity contribution in [2.24, 2.45) is 5.73 Å². The number of sulfonamides is 1. The summed E-state index contributed by atoms with van der Waals surface area (Å²) in [6.07, 6.45) is 0. The maximum atomic E-state index is 12.7. The van der Waals surface area contributed by atoms with Crippen LogP contribution in [0.15, 0.2) is 23.1 Å². The lowest BCUT2D eigenvalue weighted by molar-refractivity contribution is 0.142. The molecule has 1 rings (SSSR count). The summed E-state index contributed by atoms with van der Waals surface area (Å²) in [5.74, 6) is 0. The quantitative estimate of drug-likeness (QED) is 0.828. The molecule has 0 amide bonds. The molecule has 0 spiro atoms. The first-order chi connectivity index (χ1) is 9.38. The number of hydrogen-bond acceptors (Lipinski definition) is 4. The molecule has 1 unspecified atom stereocenters. The van der Waals surface area contributed by atoms with Gasteiger partial charge < -0.3 is 10.5 Å². The van der Waals surface area contributed by atoms with E-state index in [1.54, 1.807) is 26.2 Å². The maximum Gasteiger partial charge on any atom is 0.243 e. The number of nitrogens with two attached hydrogens (primary N) is 1. The third-order valence-corrected chi connectivity index (χ3v) is 5.52. The van der Waals surface area contributed by atoms with Gasteiger partial charge in [-0.05, 0) is 31.0 Å². The van der Waals surface area contributed by atoms with Gasteiger partial charge in [0.25, 0.3) is 0 Å². The van der Waals surface area contributed by atoms with Crippen LogP contribution < -0.4 is 5.73 Å². The van der Waals surface area contributed by atoms with Gasteiger partial charge in [0.2, 0.25) is 10.0 Å². The molecule has 5 nitrogen and oxygen atoms in total. The summed E-state index contributed by atoms with van der Waals surface area (Å²) in [6.45, 7) is 6.64. The summed E-state index contributed by atoms with van der Waals surface area (Å²) < 4.78 is 32.0. The highest BCUT2D eigenvalue weighted by molar-refractivity contribution is 7.89. The second-order valence-corrected chi connectivity index (χ2v) is 6.68. The molecule has 0 aromatic heterocycles. The highest BCUT2D eigenvalue weighted by Crippen LogP contribution is 2.22. The fraction of sp³-hybridized carbons (Fsp3) is 0.571. The second kappa shape index (κ2) is 7.17. The van der Waals surface area contributed by atoms with E-state index in [1.807, 2.05) is 19.9 Å². The molecule has 0 saturated heterocycles. The normalized spacial score (nSPS) is 13.7. The number of likely N-dealkylation sites (N-methyl/N-ethyl adjacent to an activating group) is 1. The highest BCUT2D eigenvalue weighted by atomic mass is 32.2. The molecule has 1 aromatic carbocycles. The number of benzene rings is 1. The van der Waals surface area contributed by atoms with Gasteiger partial charge in [0.1, 0.15) is 0 Å². The van der Waals surface area contributed by atoms with E-state index in [1.165, 1.54) is 4.31 Å². The minimum atomic E-state index is -3.52. The van der Waals surface area contributed by atoms with E-state index < -0.39 is 10.0 Å². The lowest BCUT2D eigenvalue weighted by atomic mass is 10.1. The largest absolute Gasteiger partial charge is 0.383 e. The van der Waals surface area contributed by atoms with Gasteiger partial charge >= 0.3 is 0 Å². The molecule has 0 aliphatic rings. The molecule has 114 valence electrons. The van der Waals surface area contributed by atoms with E-state index in [0.29, 0.717) is 24.6 Å². The first-order valence-electron chi connectivity index (χ1n) is 6.68. The van der Waals surface area contributed by atoms with Gasteiger partial charge in [0.15, 0.2) is 0 Å². The van der Waals surface area contributed by atoms with Crippen molar-refractivity contribution in [1.29, 1.82) is 0 Å². The van der Waals surface area contributed by atoms with E-state index in [4.69, 9.17) is 10.5 Å². The van der Waals surface area contributed by atoms with Crippen LogP contribution in [0.2, 0.25) is 0 Å². The Bertz CT molecular complexity index is 543. The molecular weight excluding hydrogens is 276 g/mol. The summed E-state index contributed by atoms with van der Waals surface area (Å²) in [5, 5.41) is 0. The third-order valence-electron chi connectivity index (χ3n) is 3.27. The summed E-state index contributed by atoms with van der Waals surface area (Å²) in [6, 6.07) is 5.01. The van der Waals surface area contributed by atoms with Crippen LogP contribution in [-0.2, 0) is 21.3 Å². The van der Waals surface area contributed by atoms with Gasteiger partial charge in [0.05, 0.1) is 11.5 Å². The van der Waals surface area contributed by atoms with Gasteiger partial charge in [-0.2, -0.15) is 4.31 Å². The minimum Gasteiger partial charge on any atom is -0.383 e. The molecule has 6 heteroatoms. The zero-order chi connectivity index (χ0) is 15.3. The highest BCUT2D eigenvalue weighted by Gasteiger charge is 2.28. The molecule has 0 radical (unpaired) electrons. The Balaban J connectivity index is 3.20. The second-order valence-electron chi connectivity index (χ2n) is 4.82. The topological polar surface area (TPSA) is 72.6 Å². The number of methoxy groups -OCH3 is 1. The van der Waals surface area contributed by atoms with Gasteiger partial charge in [-0.1, -0.05) is 19.1 Å². The Morgan fingerprint density at radius 2 is 2.05 bits per heavy atom. The smallest absolute Gasteiger partial charge is 0.243 e. The monoisotopic (exact) mass is 300 g/mol.